The number of carbonyl (C=O) groups excluding carboxylic acids is 1. The summed E-state index contributed by atoms with van der Waals surface area (Å²) in [6.45, 7) is 4.16. The van der Waals surface area contributed by atoms with E-state index < -0.39 is 10.0 Å². The number of nitrogens with one attached hydrogen (secondary N) is 1. The van der Waals surface area contributed by atoms with Crippen LogP contribution in [0.3, 0.4) is 0 Å². The van der Waals surface area contributed by atoms with Crippen LogP contribution in [0, 0.1) is 0 Å². The molecule has 0 aromatic heterocycles. The van der Waals surface area contributed by atoms with E-state index in [1.54, 1.807) is 18.2 Å². The van der Waals surface area contributed by atoms with Crippen molar-refractivity contribution in [1.82, 2.24) is 0 Å². The number of hydrogen-bond acceptors (Lipinski definition) is 4. The Morgan fingerprint density at radius 1 is 1.13 bits per heavy atom. The maximum absolute atomic E-state index is 11.5. The second kappa shape index (κ2) is 9.55. The molecule has 1 N–H and O–H groups in total. The Kier molecular flexibility index (Phi) is 8.09. The summed E-state index contributed by atoms with van der Waals surface area (Å²) in [6.07, 6.45) is 7.96. The quantitative estimate of drug-likeness (QED) is 0.488. The molecule has 1 aromatic rings. The van der Waals surface area contributed by atoms with Crippen LogP contribution in [0.15, 0.2) is 18.2 Å². The van der Waals surface area contributed by atoms with Gasteiger partial charge in [0.25, 0.3) is 0 Å². The lowest BCUT2D eigenvalue weighted by molar-refractivity contribution is 0.101. The highest BCUT2D eigenvalue weighted by molar-refractivity contribution is 7.92. The molecule has 0 saturated carbocycles. The first-order valence-corrected chi connectivity index (χ1v) is 9.98. The predicted octanol–water partition coefficient (Wildman–Crippen LogP) is 4.00. The zero-order chi connectivity index (χ0) is 17.3. The summed E-state index contributed by atoms with van der Waals surface area (Å²) in [7, 11) is -3.39. The number of ether oxygens (including phenoxy) is 1. The molecule has 0 amide bonds. The molecule has 0 aliphatic rings. The van der Waals surface area contributed by atoms with Crippen LogP contribution in [0.4, 0.5) is 5.69 Å². The van der Waals surface area contributed by atoms with Gasteiger partial charge in [-0.1, -0.05) is 39.0 Å². The van der Waals surface area contributed by atoms with Crippen molar-refractivity contribution in [1.29, 1.82) is 0 Å². The molecule has 1 aromatic carbocycles. The maximum atomic E-state index is 11.5. The minimum atomic E-state index is -3.39. The minimum Gasteiger partial charge on any atom is -0.491 e. The van der Waals surface area contributed by atoms with Gasteiger partial charge in [0.15, 0.2) is 5.78 Å². The van der Waals surface area contributed by atoms with E-state index in [1.165, 1.54) is 32.6 Å². The molecular formula is C17H27NO4S. The Hall–Kier alpha value is -1.56. The van der Waals surface area contributed by atoms with E-state index in [0.29, 0.717) is 23.6 Å². The molecule has 130 valence electrons. The highest BCUT2D eigenvalue weighted by Crippen LogP contribution is 2.27. The molecule has 0 heterocycles. The number of hydrogen-bond donors (Lipinski definition) is 1. The summed E-state index contributed by atoms with van der Waals surface area (Å²) >= 11 is 0. The molecule has 1 rings (SSSR count). The number of anilines is 1. The Labute approximate surface area is 139 Å². The highest BCUT2D eigenvalue weighted by atomic mass is 32.2. The fourth-order valence-corrected chi connectivity index (χ4v) is 2.78. The van der Waals surface area contributed by atoms with Gasteiger partial charge >= 0.3 is 0 Å². The van der Waals surface area contributed by atoms with Crippen LogP contribution in [0.25, 0.3) is 0 Å². The Morgan fingerprint density at radius 3 is 2.39 bits per heavy atom. The summed E-state index contributed by atoms with van der Waals surface area (Å²) in [5.41, 5.74) is 0.866. The summed E-state index contributed by atoms with van der Waals surface area (Å²) in [6, 6.07) is 4.74. The number of benzene rings is 1. The van der Waals surface area contributed by atoms with Crippen molar-refractivity contribution in [2.75, 3.05) is 17.6 Å². The Bertz CT molecular complexity index is 611. The first-order chi connectivity index (χ1) is 10.8. The van der Waals surface area contributed by atoms with E-state index in [2.05, 4.69) is 11.6 Å². The van der Waals surface area contributed by atoms with Gasteiger partial charge in [-0.15, -0.1) is 0 Å². The summed E-state index contributed by atoms with van der Waals surface area (Å²) in [4.78, 5) is 11.5. The average molecular weight is 341 g/mol. The summed E-state index contributed by atoms with van der Waals surface area (Å²) < 4.78 is 31.0. The molecule has 23 heavy (non-hydrogen) atoms. The van der Waals surface area contributed by atoms with Gasteiger partial charge < -0.3 is 4.74 Å². The van der Waals surface area contributed by atoms with E-state index in [-0.39, 0.29) is 5.78 Å². The SMILES string of the molecule is CCCCCCCCOc1cc(C(C)=O)ccc1NS(C)(=O)=O. The molecule has 0 aliphatic heterocycles. The minimum absolute atomic E-state index is 0.0830. The number of carbonyl (C=O) groups is 1. The summed E-state index contributed by atoms with van der Waals surface area (Å²) in [5, 5.41) is 0. The standard InChI is InChI=1S/C17H27NO4S/c1-4-5-6-7-8-9-12-22-17-13-15(14(2)19)10-11-16(17)18-23(3,20)21/h10-11,13,18H,4-9,12H2,1-3H3. The van der Waals surface area contributed by atoms with Crippen molar-refractivity contribution in [2.24, 2.45) is 0 Å². The van der Waals surface area contributed by atoms with Crippen LogP contribution in [-0.2, 0) is 10.0 Å². The molecule has 0 spiro atoms. The monoisotopic (exact) mass is 341 g/mol. The van der Waals surface area contributed by atoms with Crippen LogP contribution in [0.1, 0.15) is 62.7 Å². The van der Waals surface area contributed by atoms with E-state index in [9.17, 15) is 13.2 Å². The van der Waals surface area contributed by atoms with Crippen molar-refractivity contribution in [3.63, 3.8) is 0 Å². The maximum Gasteiger partial charge on any atom is 0.229 e. The van der Waals surface area contributed by atoms with Gasteiger partial charge in [0, 0.05) is 5.56 Å². The van der Waals surface area contributed by atoms with Gasteiger partial charge in [0.05, 0.1) is 18.6 Å². The molecule has 5 nitrogen and oxygen atoms in total. The number of unbranched alkanes of at least 4 members (excludes halogenated alkanes) is 5. The number of sulfonamides is 1. The topological polar surface area (TPSA) is 72.5 Å². The second-order valence-electron chi connectivity index (χ2n) is 5.76. The fraction of sp³-hybridized carbons (Fsp3) is 0.588. The highest BCUT2D eigenvalue weighted by Gasteiger charge is 2.11. The van der Waals surface area contributed by atoms with Crippen molar-refractivity contribution in [3.05, 3.63) is 23.8 Å². The molecule has 0 radical (unpaired) electrons. The lowest BCUT2D eigenvalue weighted by Crippen LogP contribution is -2.12. The third kappa shape index (κ3) is 8.02. The third-order valence-electron chi connectivity index (χ3n) is 3.44. The van der Waals surface area contributed by atoms with Crippen LogP contribution in [0.5, 0.6) is 5.75 Å². The lowest BCUT2D eigenvalue weighted by atomic mass is 10.1. The number of ketones is 1. The molecule has 6 heteroatoms. The largest absolute Gasteiger partial charge is 0.491 e. The molecule has 0 saturated heterocycles. The first-order valence-electron chi connectivity index (χ1n) is 8.09. The molecule has 0 unspecified atom stereocenters. The second-order valence-corrected chi connectivity index (χ2v) is 7.51. The number of Topliss-reactive ketones (excluding diaryl/α,β-unsaturated/α-hetero) is 1. The van der Waals surface area contributed by atoms with Gasteiger partial charge in [0.2, 0.25) is 10.0 Å². The van der Waals surface area contributed by atoms with Crippen LogP contribution < -0.4 is 9.46 Å². The van der Waals surface area contributed by atoms with Crippen LogP contribution in [-0.4, -0.2) is 27.1 Å². The fourth-order valence-electron chi connectivity index (χ4n) is 2.21. The number of rotatable bonds is 11. The average Bonchev–Trinajstić information content (AvgIpc) is 2.46. The normalized spacial score (nSPS) is 11.3. The van der Waals surface area contributed by atoms with Crippen LogP contribution in [0.2, 0.25) is 0 Å². The van der Waals surface area contributed by atoms with Gasteiger partial charge in [-0.3, -0.25) is 9.52 Å². The first kappa shape index (κ1) is 19.5. The van der Waals surface area contributed by atoms with Gasteiger partial charge in [0.1, 0.15) is 5.75 Å². The summed E-state index contributed by atoms with van der Waals surface area (Å²) in [5.74, 6) is 0.317. The van der Waals surface area contributed by atoms with E-state index >= 15 is 0 Å². The van der Waals surface area contributed by atoms with Gasteiger partial charge in [-0.05, 0) is 31.5 Å². The molecular weight excluding hydrogens is 314 g/mol. The van der Waals surface area contributed by atoms with Crippen molar-refractivity contribution in [3.8, 4) is 5.75 Å². The van der Waals surface area contributed by atoms with Crippen molar-refractivity contribution < 1.29 is 17.9 Å². The smallest absolute Gasteiger partial charge is 0.229 e. The zero-order valence-corrected chi connectivity index (χ0v) is 15.0. The van der Waals surface area contributed by atoms with Crippen molar-refractivity contribution >= 4 is 21.5 Å². The van der Waals surface area contributed by atoms with E-state index in [1.807, 2.05) is 0 Å². The molecule has 0 bridgehead atoms. The molecule has 0 fully saturated rings. The lowest BCUT2D eigenvalue weighted by Gasteiger charge is -2.13. The van der Waals surface area contributed by atoms with Gasteiger partial charge in [-0.2, -0.15) is 0 Å². The van der Waals surface area contributed by atoms with Crippen LogP contribution >= 0.6 is 0 Å². The Morgan fingerprint density at radius 2 is 1.78 bits per heavy atom. The van der Waals surface area contributed by atoms with Crippen molar-refractivity contribution in [2.45, 2.75) is 52.4 Å². The zero-order valence-electron chi connectivity index (χ0n) is 14.2. The van der Waals surface area contributed by atoms with E-state index in [4.69, 9.17) is 4.74 Å². The molecule has 0 aliphatic carbocycles. The van der Waals surface area contributed by atoms with Gasteiger partial charge in [-0.25, -0.2) is 8.42 Å². The predicted molar refractivity (Wildman–Crippen MR) is 93.8 cm³/mol. The van der Waals surface area contributed by atoms with E-state index in [0.717, 1.165) is 19.1 Å². The Balaban J connectivity index is 2.65. The molecule has 0 atom stereocenters. The third-order valence-corrected chi connectivity index (χ3v) is 4.03.